The van der Waals surface area contributed by atoms with E-state index in [4.69, 9.17) is 0 Å². The van der Waals surface area contributed by atoms with E-state index in [2.05, 4.69) is 54.8 Å². The third-order valence-electron chi connectivity index (χ3n) is 2.71. The first-order chi connectivity index (χ1) is 8.63. The molecule has 0 saturated heterocycles. The molecule has 0 unspecified atom stereocenters. The molecule has 0 amide bonds. The Morgan fingerprint density at radius 3 is 2.63 bits per heavy atom. The summed E-state index contributed by atoms with van der Waals surface area (Å²) < 4.78 is 0. The number of rotatable bonds is 6. The van der Waals surface area contributed by atoms with E-state index >= 15 is 0 Å². The fraction of sp³-hybridized carbons (Fsp3) is 0.643. The van der Waals surface area contributed by atoms with E-state index in [1.165, 1.54) is 16.9 Å². The number of aliphatic imine (C=N–C) groups is 1. The van der Waals surface area contributed by atoms with Gasteiger partial charge in [0.25, 0.3) is 0 Å². The maximum absolute atomic E-state index is 4.62. The van der Waals surface area contributed by atoms with Crippen LogP contribution >= 0.6 is 35.3 Å². The summed E-state index contributed by atoms with van der Waals surface area (Å²) in [6.45, 7) is 11.3. The second-order valence-corrected chi connectivity index (χ2v) is 5.83. The SMILES string of the molecule is CCNC(=NCc1sccc1C)NCCC(C)C.I. The molecule has 0 spiro atoms. The van der Waals surface area contributed by atoms with Crippen molar-refractivity contribution in [2.24, 2.45) is 10.9 Å². The van der Waals surface area contributed by atoms with Crippen molar-refractivity contribution in [1.29, 1.82) is 0 Å². The number of hydrogen-bond donors (Lipinski definition) is 2. The third kappa shape index (κ3) is 7.77. The predicted molar refractivity (Wildman–Crippen MR) is 96.7 cm³/mol. The lowest BCUT2D eigenvalue weighted by Crippen LogP contribution is -2.38. The zero-order valence-corrected chi connectivity index (χ0v) is 15.5. The van der Waals surface area contributed by atoms with Gasteiger partial charge in [-0.2, -0.15) is 0 Å². The van der Waals surface area contributed by atoms with E-state index in [1.807, 2.05) is 0 Å². The average molecular weight is 395 g/mol. The van der Waals surface area contributed by atoms with Gasteiger partial charge >= 0.3 is 0 Å². The molecule has 1 aromatic rings. The quantitative estimate of drug-likeness (QED) is 0.437. The van der Waals surface area contributed by atoms with Gasteiger partial charge in [-0.05, 0) is 43.2 Å². The van der Waals surface area contributed by atoms with Crippen molar-refractivity contribution in [3.8, 4) is 0 Å². The number of thiophene rings is 1. The molecule has 1 heterocycles. The van der Waals surface area contributed by atoms with Gasteiger partial charge < -0.3 is 10.6 Å². The molecule has 0 aliphatic rings. The van der Waals surface area contributed by atoms with Gasteiger partial charge in [-0.1, -0.05) is 13.8 Å². The Kier molecular flexibility index (Phi) is 10.3. The van der Waals surface area contributed by atoms with Crippen molar-refractivity contribution in [2.75, 3.05) is 13.1 Å². The first-order valence-corrected chi connectivity index (χ1v) is 7.56. The van der Waals surface area contributed by atoms with Crippen LogP contribution in [0.15, 0.2) is 16.4 Å². The van der Waals surface area contributed by atoms with Crippen LogP contribution in [0.2, 0.25) is 0 Å². The number of halogens is 1. The van der Waals surface area contributed by atoms with Crippen LogP contribution in [-0.4, -0.2) is 19.0 Å². The van der Waals surface area contributed by atoms with E-state index in [0.29, 0.717) is 0 Å². The monoisotopic (exact) mass is 395 g/mol. The molecule has 0 bridgehead atoms. The Morgan fingerprint density at radius 1 is 1.37 bits per heavy atom. The van der Waals surface area contributed by atoms with Gasteiger partial charge in [0.15, 0.2) is 5.96 Å². The van der Waals surface area contributed by atoms with Gasteiger partial charge in [-0.25, -0.2) is 4.99 Å². The molecule has 1 aromatic heterocycles. The molecule has 5 heteroatoms. The molecular weight excluding hydrogens is 369 g/mol. The molecule has 0 aliphatic heterocycles. The fourth-order valence-corrected chi connectivity index (χ4v) is 2.37. The Morgan fingerprint density at radius 2 is 2.11 bits per heavy atom. The zero-order chi connectivity index (χ0) is 13.4. The lowest BCUT2D eigenvalue weighted by atomic mass is 10.1. The van der Waals surface area contributed by atoms with E-state index in [-0.39, 0.29) is 24.0 Å². The van der Waals surface area contributed by atoms with Crippen LogP contribution in [0, 0.1) is 12.8 Å². The number of guanidine groups is 1. The van der Waals surface area contributed by atoms with E-state index in [1.54, 1.807) is 11.3 Å². The van der Waals surface area contributed by atoms with Gasteiger partial charge in [0.05, 0.1) is 6.54 Å². The van der Waals surface area contributed by atoms with Gasteiger partial charge in [-0.3, -0.25) is 0 Å². The Labute approximate surface area is 138 Å². The van der Waals surface area contributed by atoms with E-state index in [9.17, 15) is 0 Å². The third-order valence-corrected chi connectivity index (χ3v) is 3.72. The molecule has 0 aromatic carbocycles. The topological polar surface area (TPSA) is 36.4 Å². The van der Waals surface area contributed by atoms with Gasteiger partial charge in [0.1, 0.15) is 0 Å². The molecule has 0 saturated carbocycles. The van der Waals surface area contributed by atoms with E-state index in [0.717, 1.165) is 31.5 Å². The largest absolute Gasteiger partial charge is 0.357 e. The summed E-state index contributed by atoms with van der Waals surface area (Å²) in [5.41, 5.74) is 1.33. The molecule has 19 heavy (non-hydrogen) atoms. The summed E-state index contributed by atoms with van der Waals surface area (Å²) >= 11 is 1.78. The van der Waals surface area contributed by atoms with Gasteiger partial charge in [0, 0.05) is 18.0 Å². The summed E-state index contributed by atoms with van der Waals surface area (Å²) in [6, 6.07) is 2.15. The first kappa shape index (κ1) is 18.7. The molecule has 2 N–H and O–H groups in total. The maximum Gasteiger partial charge on any atom is 0.191 e. The second-order valence-electron chi connectivity index (χ2n) is 4.83. The highest BCUT2D eigenvalue weighted by molar-refractivity contribution is 14.0. The zero-order valence-electron chi connectivity index (χ0n) is 12.3. The fourth-order valence-electron chi connectivity index (χ4n) is 1.54. The molecule has 110 valence electrons. The lowest BCUT2D eigenvalue weighted by molar-refractivity contribution is 0.573. The van der Waals surface area contributed by atoms with Crippen LogP contribution in [0.1, 0.15) is 37.6 Å². The highest BCUT2D eigenvalue weighted by Crippen LogP contribution is 2.16. The Bertz CT molecular complexity index is 375. The number of aryl methyl sites for hydroxylation is 1. The van der Waals surface area contributed by atoms with Gasteiger partial charge in [-0.15, -0.1) is 35.3 Å². The Hall–Kier alpha value is -0.300. The summed E-state index contributed by atoms with van der Waals surface area (Å²) in [4.78, 5) is 5.96. The molecule has 0 aliphatic carbocycles. The van der Waals surface area contributed by atoms with Crippen LogP contribution < -0.4 is 10.6 Å². The van der Waals surface area contributed by atoms with Crippen molar-refractivity contribution in [1.82, 2.24) is 10.6 Å². The Balaban J connectivity index is 0.00000324. The first-order valence-electron chi connectivity index (χ1n) is 6.68. The van der Waals surface area contributed by atoms with Crippen LogP contribution in [0.3, 0.4) is 0 Å². The summed E-state index contributed by atoms with van der Waals surface area (Å²) in [7, 11) is 0. The van der Waals surface area contributed by atoms with Crippen molar-refractivity contribution < 1.29 is 0 Å². The highest BCUT2D eigenvalue weighted by atomic mass is 127. The molecule has 1 rings (SSSR count). The average Bonchev–Trinajstić information content (AvgIpc) is 2.71. The van der Waals surface area contributed by atoms with Crippen LogP contribution in [-0.2, 0) is 6.54 Å². The maximum atomic E-state index is 4.62. The van der Waals surface area contributed by atoms with Crippen molar-refractivity contribution in [3.63, 3.8) is 0 Å². The lowest BCUT2D eigenvalue weighted by Gasteiger charge is -2.12. The molecule has 0 radical (unpaired) electrons. The van der Waals surface area contributed by atoms with E-state index < -0.39 is 0 Å². The van der Waals surface area contributed by atoms with Crippen LogP contribution in [0.5, 0.6) is 0 Å². The van der Waals surface area contributed by atoms with Crippen molar-refractivity contribution in [3.05, 3.63) is 21.9 Å². The molecule has 0 atom stereocenters. The normalized spacial score (nSPS) is 11.3. The summed E-state index contributed by atoms with van der Waals surface area (Å²) in [6.07, 6.45) is 1.17. The summed E-state index contributed by atoms with van der Waals surface area (Å²) in [5.74, 6) is 1.64. The van der Waals surface area contributed by atoms with Gasteiger partial charge in [0.2, 0.25) is 0 Å². The highest BCUT2D eigenvalue weighted by Gasteiger charge is 2.01. The standard InChI is InChI=1S/C14H25N3S.HI/c1-5-15-14(16-8-6-11(2)3)17-10-13-12(4)7-9-18-13;/h7,9,11H,5-6,8,10H2,1-4H3,(H2,15,16,17);1H. The smallest absolute Gasteiger partial charge is 0.191 e. The van der Waals surface area contributed by atoms with Crippen LogP contribution in [0.25, 0.3) is 0 Å². The van der Waals surface area contributed by atoms with Crippen molar-refractivity contribution >= 4 is 41.3 Å². The summed E-state index contributed by atoms with van der Waals surface area (Å²) in [5, 5.41) is 8.78. The minimum atomic E-state index is 0. The minimum Gasteiger partial charge on any atom is -0.357 e. The van der Waals surface area contributed by atoms with Crippen molar-refractivity contribution in [2.45, 2.75) is 40.7 Å². The number of nitrogens with zero attached hydrogens (tertiary/aromatic N) is 1. The minimum absolute atomic E-state index is 0. The number of nitrogens with one attached hydrogen (secondary N) is 2. The molecular formula is C14H26IN3S. The number of hydrogen-bond acceptors (Lipinski definition) is 2. The van der Waals surface area contributed by atoms with Crippen LogP contribution in [0.4, 0.5) is 0 Å². The molecule has 3 nitrogen and oxygen atoms in total. The molecule has 0 fully saturated rings. The second kappa shape index (κ2) is 10.5. The predicted octanol–water partition coefficient (Wildman–Crippen LogP) is 3.78.